The molecule has 0 radical (unpaired) electrons. The molecule has 0 fully saturated rings. The van der Waals surface area contributed by atoms with Crippen molar-refractivity contribution in [2.45, 2.75) is 17.9 Å². The van der Waals surface area contributed by atoms with Crippen LogP contribution in [0.3, 0.4) is 0 Å². The van der Waals surface area contributed by atoms with Crippen LogP contribution in [-0.4, -0.2) is 30.7 Å². The van der Waals surface area contributed by atoms with Crippen LogP contribution in [0, 0.1) is 0 Å². The van der Waals surface area contributed by atoms with Gasteiger partial charge in [-0.05, 0) is 19.1 Å². The SMILES string of the molecule is CC(CS(C)=O)Nc1ccccc1S(N)(=O)=O. The van der Waals surface area contributed by atoms with Crippen LogP contribution in [0.15, 0.2) is 29.2 Å². The van der Waals surface area contributed by atoms with Gasteiger partial charge in [-0.3, -0.25) is 4.21 Å². The molecular formula is C10H16N2O3S2. The van der Waals surface area contributed by atoms with Gasteiger partial charge in [0.2, 0.25) is 10.0 Å². The number of nitrogens with two attached hydrogens (primary N) is 1. The number of nitrogens with one attached hydrogen (secondary N) is 1. The van der Waals surface area contributed by atoms with Crippen LogP contribution in [0.25, 0.3) is 0 Å². The van der Waals surface area contributed by atoms with Crippen molar-refractivity contribution < 1.29 is 12.6 Å². The molecule has 2 unspecified atom stereocenters. The second-order valence-corrected chi connectivity index (χ2v) is 6.84. The Kier molecular flexibility index (Phi) is 4.67. The third-order valence-corrected chi connectivity index (χ3v) is 4.02. The highest BCUT2D eigenvalue weighted by Crippen LogP contribution is 2.20. The monoisotopic (exact) mass is 276 g/mol. The number of rotatable bonds is 5. The van der Waals surface area contributed by atoms with Gasteiger partial charge in [0.1, 0.15) is 4.90 Å². The lowest BCUT2D eigenvalue weighted by Gasteiger charge is -2.16. The summed E-state index contributed by atoms with van der Waals surface area (Å²) in [5.74, 6) is 0.443. The van der Waals surface area contributed by atoms with E-state index in [2.05, 4.69) is 5.32 Å². The smallest absolute Gasteiger partial charge is 0.240 e. The number of benzene rings is 1. The molecule has 2 atom stereocenters. The van der Waals surface area contributed by atoms with E-state index in [0.29, 0.717) is 11.4 Å². The molecular weight excluding hydrogens is 260 g/mol. The van der Waals surface area contributed by atoms with E-state index < -0.39 is 20.8 Å². The van der Waals surface area contributed by atoms with Gasteiger partial charge in [0.25, 0.3) is 0 Å². The summed E-state index contributed by atoms with van der Waals surface area (Å²) < 4.78 is 33.7. The van der Waals surface area contributed by atoms with Crippen LogP contribution < -0.4 is 10.5 Å². The molecule has 0 amide bonds. The van der Waals surface area contributed by atoms with Gasteiger partial charge in [0.05, 0.1) is 5.69 Å². The fourth-order valence-electron chi connectivity index (χ4n) is 1.49. The summed E-state index contributed by atoms with van der Waals surface area (Å²) in [6.45, 7) is 1.83. The predicted octanol–water partition coefficient (Wildman–Crippen LogP) is 0.513. The van der Waals surface area contributed by atoms with E-state index in [4.69, 9.17) is 5.14 Å². The topological polar surface area (TPSA) is 89.3 Å². The van der Waals surface area contributed by atoms with Crippen LogP contribution in [-0.2, 0) is 20.8 Å². The van der Waals surface area contributed by atoms with Crippen molar-refractivity contribution in [2.24, 2.45) is 5.14 Å². The molecule has 0 aliphatic carbocycles. The fourth-order valence-corrected chi connectivity index (χ4v) is 2.98. The summed E-state index contributed by atoms with van der Waals surface area (Å²) in [5, 5.41) is 8.10. The summed E-state index contributed by atoms with van der Waals surface area (Å²) in [6, 6.07) is 6.30. The molecule has 7 heteroatoms. The maximum Gasteiger partial charge on any atom is 0.240 e. The van der Waals surface area contributed by atoms with Gasteiger partial charge in [-0.15, -0.1) is 0 Å². The van der Waals surface area contributed by atoms with Gasteiger partial charge in [-0.1, -0.05) is 12.1 Å². The molecule has 0 heterocycles. The third kappa shape index (κ3) is 4.45. The normalized spacial score (nSPS) is 15.2. The van der Waals surface area contributed by atoms with Crippen LogP contribution in [0.5, 0.6) is 0 Å². The summed E-state index contributed by atoms with van der Waals surface area (Å²) in [5.41, 5.74) is 0.438. The summed E-state index contributed by atoms with van der Waals surface area (Å²) in [6.07, 6.45) is 1.60. The van der Waals surface area contributed by atoms with E-state index in [1.807, 2.05) is 6.92 Å². The number of para-hydroxylation sites is 1. The largest absolute Gasteiger partial charge is 0.381 e. The highest BCUT2D eigenvalue weighted by Gasteiger charge is 2.14. The predicted molar refractivity (Wildman–Crippen MR) is 69.8 cm³/mol. The zero-order chi connectivity index (χ0) is 13.1. The first kappa shape index (κ1) is 14.1. The van der Waals surface area contributed by atoms with Crippen LogP contribution in [0.2, 0.25) is 0 Å². The average molecular weight is 276 g/mol. The molecule has 0 saturated carbocycles. The van der Waals surface area contributed by atoms with Gasteiger partial charge < -0.3 is 5.32 Å². The van der Waals surface area contributed by atoms with Crippen molar-refractivity contribution in [1.82, 2.24) is 0 Å². The molecule has 5 nitrogen and oxygen atoms in total. The molecule has 0 spiro atoms. The van der Waals surface area contributed by atoms with Crippen LogP contribution in [0.4, 0.5) is 5.69 Å². The van der Waals surface area contributed by atoms with Gasteiger partial charge in [0.15, 0.2) is 0 Å². The van der Waals surface area contributed by atoms with Crippen LogP contribution >= 0.6 is 0 Å². The Labute approximate surface area is 104 Å². The first-order valence-corrected chi connectivity index (χ1v) is 8.26. The minimum Gasteiger partial charge on any atom is -0.381 e. The Bertz CT molecular complexity index is 514. The van der Waals surface area contributed by atoms with Crippen molar-refractivity contribution in [3.05, 3.63) is 24.3 Å². The Morgan fingerprint density at radius 2 is 2.00 bits per heavy atom. The van der Waals surface area contributed by atoms with Gasteiger partial charge in [-0.2, -0.15) is 0 Å². The third-order valence-electron chi connectivity index (χ3n) is 2.08. The Balaban J connectivity index is 2.96. The second kappa shape index (κ2) is 5.61. The fraction of sp³-hybridized carbons (Fsp3) is 0.400. The van der Waals surface area contributed by atoms with E-state index in [9.17, 15) is 12.6 Å². The quantitative estimate of drug-likeness (QED) is 0.820. The highest BCUT2D eigenvalue weighted by molar-refractivity contribution is 7.89. The Morgan fingerprint density at radius 3 is 2.53 bits per heavy atom. The van der Waals surface area contributed by atoms with Gasteiger partial charge in [0, 0.05) is 28.9 Å². The van der Waals surface area contributed by atoms with Gasteiger partial charge >= 0.3 is 0 Å². The summed E-state index contributed by atoms with van der Waals surface area (Å²) >= 11 is 0. The molecule has 0 aliphatic heterocycles. The van der Waals surface area contributed by atoms with Gasteiger partial charge in [-0.25, -0.2) is 13.6 Å². The molecule has 96 valence electrons. The summed E-state index contributed by atoms with van der Waals surface area (Å²) in [4.78, 5) is 0.0498. The minimum absolute atomic E-state index is 0.0498. The lowest BCUT2D eigenvalue weighted by atomic mass is 10.3. The first-order chi connectivity index (χ1) is 7.80. The average Bonchev–Trinajstić information content (AvgIpc) is 2.15. The van der Waals surface area contributed by atoms with E-state index in [-0.39, 0.29) is 10.9 Å². The van der Waals surface area contributed by atoms with E-state index in [0.717, 1.165) is 0 Å². The maximum atomic E-state index is 11.3. The number of primary sulfonamides is 1. The zero-order valence-corrected chi connectivity index (χ0v) is 11.3. The Morgan fingerprint density at radius 1 is 1.41 bits per heavy atom. The highest BCUT2D eigenvalue weighted by atomic mass is 32.2. The van der Waals surface area contributed by atoms with Crippen molar-refractivity contribution in [3.63, 3.8) is 0 Å². The second-order valence-electron chi connectivity index (χ2n) is 3.83. The number of sulfonamides is 1. The van der Waals surface area contributed by atoms with Crippen molar-refractivity contribution in [2.75, 3.05) is 17.3 Å². The molecule has 1 aromatic rings. The molecule has 1 aromatic carbocycles. The molecule has 1 rings (SSSR count). The maximum absolute atomic E-state index is 11.3. The molecule has 0 bridgehead atoms. The van der Waals surface area contributed by atoms with E-state index in [1.165, 1.54) is 6.07 Å². The molecule has 0 aliphatic rings. The van der Waals surface area contributed by atoms with Crippen molar-refractivity contribution >= 4 is 26.5 Å². The number of anilines is 1. The van der Waals surface area contributed by atoms with Crippen LogP contribution in [0.1, 0.15) is 6.92 Å². The number of hydrogen-bond donors (Lipinski definition) is 2. The zero-order valence-electron chi connectivity index (χ0n) is 9.71. The molecule has 0 saturated heterocycles. The summed E-state index contributed by atoms with van der Waals surface area (Å²) in [7, 11) is -4.69. The minimum atomic E-state index is -3.75. The van der Waals surface area contributed by atoms with Crippen molar-refractivity contribution in [3.8, 4) is 0 Å². The number of hydrogen-bond acceptors (Lipinski definition) is 4. The first-order valence-electron chi connectivity index (χ1n) is 4.99. The van der Waals surface area contributed by atoms with E-state index in [1.54, 1.807) is 24.5 Å². The lowest BCUT2D eigenvalue weighted by Crippen LogP contribution is -2.24. The standard InChI is InChI=1S/C10H16N2O3S2/c1-8(7-16(2)13)12-9-5-3-4-6-10(9)17(11,14)15/h3-6,8,12H,7H2,1-2H3,(H2,11,14,15). The lowest BCUT2D eigenvalue weighted by molar-refractivity contribution is 0.598. The Hall–Kier alpha value is -0.920. The molecule has 3 N–H and O–H groups in total. The van der Waals surface area contributed by atoms with Crippen molar-refractivity contribution in [1.29, 1.82) is 0 Å². The molecule has 0 aromatic heterocycles. The van der Waals surface area contributed by atoms with E-state index >= 15 is 0 Å². The molecule has 17 heavy (non-hydrogen) atoms.